The molecule has 0 atom stereocenters. The van der Waals surface area contributed by atoms with E-state index in [0.717, 1.165) is 25.2 Å². The summed E-state index contributed by atoms with van der Waals surface area (Å²) in [5, 5.41) is 2.86. The summed E-state index contributed by atoms with van der Waals surface area (Å²) in [4.78, 5) is 16.5. The number of halogens is 3. The molecule has 0 bridgehead atoms. The Morgan fingerprint density at radius 2 is 1.73 bits per heavy atom. The van der Waals surface area contributed by atoms with Gasteiger partial charge >= 0.3 is 12.2 Å². The molecular formula is C22H26F3N3O2. The van der Waals surface area contributed by atoms with Gasteiger partial charge in [-0.3, -0.25) is 4.90 Å². The van der Waals surface area contributed by atoms with Crippen molar-refractivity contribution in [2.24, 2.45) is 0 Å². The zero-order valence-corrected chi connectivity index (χ0v) is 16.9. The van der Waals surface area contributed by atoms with Gasteiger partial charge in [0, 0.05) is 39.3 Å². The van der Waals surface area contributed by atoms with E-state index in [9.17, 15) is 18.0 Å². The predicted molar refractivity (Wildman–Crippen MR) is 108 cm³/mol. The monoisotopic (exact) mass is 421 g/mol. The number of ether oxygens (including phenoxy) is 1. The molecule has 1 aliphatic rings. The van der Waals surface area contributed by atoms with Crippen molar-refractivity contribution in [2.45, 2.75) is 26.2 Å². The van der Waals surface area contributed by atoms with E-state index >= 15 is 0 Å². The Labute approximate surface area is 174 Å². The van der Waals surface area contributed by atoms with Crippen LogP contribution in [0.1, 0.15) is 16.7 Å². The highest BCUT2D eigenvalue weighted by Crippen LogP contribution is 2.19. The number of hydrogen-bond acceptors (Lipinski definition) is 3. The van der Waals surface area contributed by atoms with E-state index in [2.05, 4.69) is 46.1 Å². The molecule has 1 N–H and O–H groups in total. The molecule has 0 unspecified atom stereocenters. The Hall–Kier alpha value is -2.74. The van der Waals surface area contributed by atoms with Gasteiger partial charge in [-0.2, -0.15) is 13.2 Å². The third kappa shape index (κ3) is 6.95. The van der Waals surface area contributed by atoms with Gasteiger partial charge in [-0.25, -0.2) is 4.79 Å². The summed E-state index contributed by atoms with van der Waals surface area (Å²) >= 11 is 0. The lowest BCUT2D eigenvalue weighted by Gasteiger charge is -2.34. The van der Waals surface area contributed by atoms with Gasteiger partial charge in [0.15, 0.2) is 6.61 Å². The van der Waals surface area contributed by atoms with E-state index in [0.29, 0.717) is 19.6 Å². The van der Waals surface area contributed by atoms with Crippen LogP contribution in [0.5, 0.6) is 5.75 Å². The summed E-state index contributed by atoms with van der Waals surface area (Å²) in [6.45, 7) is 4.87. The zero-order chi connectivity index (χ0) is 21.6. The summed E-state index contributed by atoms with van der Waals surface area (Å²) in [5.74, 6) is 0.145. The number of carbonyl (C=O) groups is 1. The predicted octanol–water partition coefficient (Wildman–Crippen LogP) is 3.96. The van der Waals surface area contributed by atoms with Gasteiger partial charge in [0.25, 0.3) is 0 Å². The normalized spacial score (nSPS) is 15.1. The van der Waals surface area contributed by atoms with Crippen LogP contribution in [0.25, 0.3) is 0 Å². The molecule has 0 radical (unpaired) electrons. The molecule has 8 heteroatoms. The molecule has 1 fully saturated rings. The number of alkyl halides is 3. The first-order valence-corrected chi connectivity index (χ1v) is 9.88. The van der Waals surface area contributed by atoms with Gasteiger partial charge in [0.2, 0.25) is 0 Å². The summed E-state index contributed by atoms with van der Waals surface area (Å²) < 4.78 is 41.2. The number of rotatable bonds is 6. The van der Waals surface area contributed by atoms with Crippen LogP contribution < -0.4 is 10.1 Å². The largest absolute Gasteiger partial charge is 0.484 e. The maximum absolute atomic E-state index is 12.4. The fraction of sp³-hybridized carbons (Fsp3) is 0.409. The number of nitrogens with one attached hydrogen (secondary N) is 1. The number of benzene rings is 2. The molecular weight excluding hydrogens is 395 g/mol. The van der Waals surface area contributed by atoms with Gasteiger partial charge in [-0.15, -0.1) is 0 Å². The number of hydrogen-bond donors (Lipinski definition) is 1. The van der Waals surface area contributed by atoms with Crippen LogP contribution in [-0.4, -0.2) is 54.8 Å². The Morgan fingerprint density at radius 1 is 1.03 bits per heavy atom. The summed E-state index contributed by atoms with van der Waals surface area (Å²) in [6.07, 6.45) is -4.36. The molecule has 2 amide bonds. The van der Waals surface area contributed by atoms with Crippen molar-refractivity contribution in [3.8, 4) is 5.75 Å². The molecule has 1 aliphatic heterocycles. The van der Waals surface area contributed by atoms with Crippen LogP contribution in [-0.2, 0) is 13.1 Å². The quantitative estimate of drug-likeness (QED) is 0.768. The molecule has 2 aromatic rings. The number of carbonyl (C=O) groups excluding carboxylic acids is 1. The van der Waals surface area contributed by atoms with Crippen LogP contribution in [0.4, 0.5) is 18.0 Å². The second kappa shape index (κ2) is 9.84. The zero-order valence-electron chi connectivity index (χ0n) is 16.9. The molecule has 2 aromatic carbocycles. The first-order valence-electron chi connectivity index (χ1n) is 9.88. The van der Waals surface area contributed by atoms with Crippen LogP contribution >= 0.6 is 0 Å². The van der Waals surface area contributed by atoms with Crippen LogP contribution in [0, 0.1) is 6.92 Å². The SMILES string of the molecule is Cc1cccc(CN2CCN(C(=O)NCc3ccc(OCC(F)(F)F)cc3)CC2)c1. The number of nitrogens with zero attached hydrogens (tertiary/aromatic N) is 2. The third-order valence-corrected chi connectivity index (χ3v) is 4.92. The highest BCUT2D eigenvalue weighted by molar-refractivity contribution is 5.74. The first-order chi connectivity index (χ1) is 14.3. The number of amides is 2. The maximum atomic E-state index is 12.4. The Morgan fingerprint density at radius 3 is 2.37 bits per heavy atom. The number of piperazine rings is 1. The third-order valence-electron chi connectivity index (χ3n) is 4.92. The molecule has 0 aromatic heterocycles. The van der Waals surface area contributed by atoms with E-state index in [4.69, 9.17) is 0 Å². The fourth-order valence-electron chi connectivity index (χ4n) is 3.34. The lowest BCUT2D eigenvalue weighted by atomic mass is 10.1. The van der Waals surface area contributed by atoms with E-state index in [1.54, 1.807) is 17.0 Å². The van der Waals surface area contributed by atoms with Crippen LogP contribution in [0.2, 0.25) is 0 Å². The molecule has 1 heterocycles. The van der Waals surface area contributed by atoms with E-state index < -0.39 is 12.8 Å². The maximum Gasteiger partial charge on any atom is 0.422 e. The molecule has 0 saturated carbocycles. The molecule has 3 rings (SSSR count). The lowest BCUT2D eigenvalue weighted by Crippen LogP contribution is -2.51. The Bertz CT molecular complexity index is 832. The van der Waals surface area contributed by atoms with Crippen molar-refractivity contribution in [1.82, 2.24) is 15.1 Å². The van der Waals surface area contributed by atoms with Crippen molar-refractivity contribution >= 4 is 6.03 Å². The molecule has 1 saturated heterocycles. The second-order valence-electron chi connectivity index (χ2n) is 7.46. The van der Waals surface area contributed by atoms with Gasteiger partial charge in [0.1, 0.15) is 5.75 Å². The lowest BCUT2D eigenvalue weighted by molar-refractivity contribution is -0.153. The van der Waals surface area contributed by atoms with Gasteiger partial charge in [-0.05, 0) is 30.2 Å². The molecule has 162 valence electrons. The van der Waals surface area contributed by atoms with Crippen molar-refractivity contribution in [3.05, 3.63) is 65.2 Å². The van der Waals surface area contributed by atoms with Gasteiger partial charge < -0.3 is 15.0 Å². The van der Waals surface area contributed by atoms with Crippen molar-refractivity contribution in [1.29, 1.82) is 0 Å². The minimum absolute atomic E-state index is 0.136. The van der Waals surface area contributed by atoms with Gasteiger partial charge in [0.05, 0.1) is 0 Å². The van der Waals surface area contributed by atoms with Crippen LogP contribution in [0.3, 0.4) is 0 Å². The molecule has 30 heavy (non-hydrogen) atoms. The smallest absolute Gasteiger partial charge is 0.422 e. The Balaban J connectivity index is 1.39. The standard InChI is InChI=1S/C22H26F3N3O2/c1-17-3-2-4-19(13-17)15-27-9-11-28(12-10-27)21(29)26-14-18-5-7-20(8-6-18)30-16-22(23,24)25/h2-8,13H,9-12,14-16H2,1H3,(H,26,29). The van der Waals surface area contributed by atoms with Gasteiger partial charge in [-0.1, -0.05) is 42.0 Å². The van der Waals surface area contributed by atoms with Crippen molar-refractivity contribution in [3.63, 3.8) is 0 Å². The highest BCUT2D eigenvalue weighted by Gasteiger charge is 2.28. The minimum atomic E-state index is -4.36. The first kappa shape index (κ1) is 22.0. The Kier molecular flexibility index (Phi) is 7.20. The van der Waals surface area contributed by atoms with E-state index in [1.165, 1.54) is 23.3 Å². The minimum Gasteiger partial charge on any atom is -0.484 e. The topological polar surface area (TPSA) is 44.8 Å². The molecule has 5 nitrogen and oxygen atoms in total. The summed E-state index contributed by atoms with van der Waals surface area (Å²) in [7, 11) is 0. The van der Waals surface area contributed by atoms with Crippen molar-refractivity contribution < 1.29 is 22.7 Å². The average molecular weight is 421 g/mol. The second-order valence-corrected chi connectivity index (χ2v) is 7.46. The summed E-state index contributed by atoms with van der Waals surface area (Å²) in [5.41, 5.74) is 3.31. The molecule has 0 spiro atoms. The highest BCUT2D eigenvalue weighted by atomic mass is 19.4. The van der Waals surface area contributed by atoms with Crippen LogP contribution in [0.15, 0.2) is 48.5 Å². The molecule has 0 aliphatic carbocycles. The summed E-state index contributed by atoms with van der Waals surface area (Å²) in [6, 6.07) is 14.5. The van der Waals surface area contributed by atoms with E-state index in [1.807, 2.05) is 0 Å². The number of urea groups is 1. The average Bonchev–Trinajstić information content (AvgIpc) is 2.71. The fourth-order valence-corrected chi connectivity index (χ4v) is 3.34. The number of aryl methyl sites for hydroxylation is 1. The van der Waals surface area contributed by atoms with E-state index in [-0.39, 0.29) is 11.8 Å². The van der Waals surface area contributed by atoms with Crippen molar-refractivity contribution in [2.75, 3.05) is 32.8 Å².